The standard InChI is InChI=1S/C17H15ClN2O3/c18-12-7-5-11(6-8-12)16(21)17(22)19-10-9-15-20-13-3-1-2-4-14(13)23-15/h1-8,16,21H,9-10H2,(H,19,22). The van der Waals surface area contributed by atoms with Crippen LogP contribution < -0.4 is 5.32 Å². The summed E-state index contributed by atoms with van der Waals surface area (Å²) in [4.78, 5) is 16.3. The van der Waals surface area contributed by atoms with Crippen molar-refractivity contribution in [1.82, 2.24) is 10.3 Å². The van der Waals surface area contributed by atoms with Gasteiger partial charge in [-0.25, -0.2) is 4.98 Å². The van der Waals surface area contributed by atoms with E-state index in [1.165, 1.54) is 0 Å². The van der Waals surface area contributed by atoms with Crippen LogP contribution in [0.1, 0.15) is 17.6 Å². The summed E-state index contributed by atoms with van der Waals surface area (Å²) >= 11 is 5.78. The van der Waals surface area contributed by atoms with Crippen molar-refractivity contribution in [2.24, 2.45) is 0 Å². The van der Waals surface area contributed by atoms with Gasteiger partial charge in [0.15, 0.2) is 17.6 Å². The molecule has 0 aliphatic heterocycles. The molecule has 1 amide bonds. The number of rotatable bonds is 5. The predicted octanol–water partition coefficient (Wildman–Crippen LogP) is 2.87. The van der Waals surface area contributed by atoms with Gasteiger partial charge in [-0.2, -0.15) is 0 Å². The molecule has 2 aromatic carbocycles. The van der Waals surface area contributed by atoms with Crippen molar-refractivity contribution >= 4 is 28.6 Å². The third-order valence-electron chi connectivity index (χ3n) is 3.41. The monoisotopic (exact) mass is 330 g/mol. The van der Waals surface area contributed by atoms with Crippen molar-refractivity contribution in [2.45, 2.75) is 12.5 Å². The van der Waals surface area contributed by atoms with Crippen LogP contribution in [0.4, 0.5) is 0 Å². The molecule has 1 atom stereocenters. The number of hydrogen-bond donors (Lipinski definition) is 2. The molecule has 6 heteroatoms. The summed E-state index contributed by atoms with van der Waals surface area (Å²) in [6.07, 6.45) is -0.774. The van der Waals surface area contributed by atoms with Gasteiger partial charge in [0.1, 0.15) is 5.52 Å². The van der Waals surface area contributed by atoms with E-state index in [0.717, 1.165) is 11.1 Å². The molecule has 1 heterocycles. The number of nitrogens with one attached hydrogen (secondary N) is 1. The van der Waals surface area contributed by atoms with Gasteiger partial charge in [-0.15, -0.1) is 0 Å². The first-order valence-electron chi connectivity index (χ1n) is 7.19. The van der Waals surface area contributed by atoms with Gasteiger partial charge in [0.25, 0.3) is 5.91 Å². The molecule has 5 nitrogen and oxygen atoms in total. The Labute approximate surface area is 137 Å². The van der Waals surface area contributed by atoms with Gasteiger partial charge in [0, 0.05) is 18.0 Å². The fourth-order valence-corrected chi connectivity index (χ4v) is 2.34. The molecule has 0 aliphatic rings. The Kier molecular flexibility index (Phi) is 4.60. The highest BCUT2D eigenvalue weighted by atomic mass is 35.5. The lowest BCUT2D eigenvalue weighted by Gasteiger charge is -2.11. The van der Waals surface area contributed by atoms with Crippen molar-refractivity contribution in [2.75, 3.05) is 6.54 Å². The summed E-state index contributed by atoms with van der Waals surface area (Å²) in [5, 5.41) is 13.2. The van der Waals surface area contributed by atoms with Crippen LogP contribution in [-0.2, 0) is 11.2 Å². The Morgan fingerprint density at radius 1 is 1.22 bits per heavy atom. The van der Waals surface area contributed by atoms with E-state index in [9.17, 15) is 9.90 Å². The van der Waals surface area contributed by atoms with Crippen LogP contribution in [0.25, 0.3) is 11.1 Å². The summed E-state index contributed by atoms with van der Waals surface area (Å²) < 4.78 is 5.57. The normalized spacial score (nSPS) is 12.3. The molecule has 0 fully saturated rings. The summed E-state index contributed by atoms with van der Waals surface area (Å²) in [7, 11) is 0. The van der Waals surface area contributed by atoms with Crippen LogP contribution in [0.2, 0.25) is 5.02 Å². The highest BCUT2D eigenvalue weighted by Gasteiger charge is 2.17. The predicted molar refractivity (Wildman–Crippen MR) is 87.1 cm³/mol. The van der Waals surface area contributed by atoms with E-state index < -0.39 is 12.0 Å². The Hall–Kier alpha value is -2.37. The van der Waals surface area contributed by atoms with E-state index in [1.807, 2.05) is 24.3 Å². The number of aromatic nitrogens is 1. The van der Waals surface area contributed by atoms with Crippen molar-refractivity contribution in [1.29, 1.82) is 0 Å². The molecule has 0 bridgehead atoms. The summed E-state index contributed by atoms with van der Waals surface area (Å²) in [6, 6.07) is 14.0. The zero-order chi connectivity index (χ0) is 16.2. The summed E-state index contributed by atoms with van der Waals surface area (Å²) in [6.45, 7) is 0.330. The molecule has 0 aliphatic carbocycles. The van der Waals surface area contributed by atoms with Gasteiger partial charge in [-0.05, 0) is 29.8 Å². The Morgan fingerprint density at radius 3 is 2.70 bits per heavy atom. The molecule has 0 radical (unpaired) electrons. The molecule has 1 unspecified atom stereocenters. The van der Waals surface area contributed by atoms with E-state index in [2.05, 4.69) is 10.3 Å². The van der Waals surface area contributed by atoms with Gasteiger partial charge >= 0.3 is 0 Å². The highest BCUT2D eigenvalue weighted by Crippen LogP contribution is 2.17. The first kappa shape index (κ1) is 15.5. The molecule has 1 aromatic heterocycles. The van der Waals surface area contributed by atoms with Crippen molar-refractivity contribution < 1.29 is 14.3 Å². The molecule has 3 aromatic rings. The Balaban J connectivity index is 1.55. The second kappa shape index (κ2) is 6.81. The van der Waals surface area contributed by atoms with Crippen LogP contribution in [0.15, 0.2) is 52.9 Å². The lowest BCUT2D eigenvalue weighted by atomic mass is 10.1. The van der Waals surface area contributed by atoms with Crippen LogP contribution in [0.5, 0.6) is 0 Å². The fraction of sp³-hybridized carbons (Fsp3) is 0.176. The topological polar surface area (TPSA) is 75.4 Å². The Bertz CT molecular complexity index is 781. The lowest BCUT2D eigenvalue weighted by Crippen LogP contribution is -2.31. The first-order valence-corrected chi connectivity index (χ1v) is 7.57. The zero-order valence-electron chi connectivity index (χ0n) is 12.2. The van der Waals surface area contributed by atoms with Crippen LogP contribution in [0.3, 0.4) is 0 Å². The van der Waals surface area contributed by atoms with Crippen molar-refractivity contribution in [3.63, 3.8) is 0 Å². The van der Waals surface area contributed by atoms with Crippen molar-refractivity contribution in [3.8, 4) is 0 Å². The van der Waals surface area contributed by atoms with Crippen LogP contribution in [0, 0.1) is 0 Å². The summed E-state index contributed by atoms with van der Waals surface area (Å²) in [5.74, 6) is 0.0796. The number of para-hydroxylation sites is 2. The second-order valence-electron chi connectivity index (χ2n) is 5.07. The number of aliphatic hydroxyl groups is 1. The number of hydrogen-bond acceptors (Lipinski definition) is 4. The molecule has 118 valence electrons. The van der Waals surface area contributed by atoms with E-state index in [1.54, 1.807) is 24.3 Å². The number of carbonyl (C=O) groups excluding carboxylic acids is 1. The SMILES string of the molecule is O=C(NCCc1nc2ccccc2o1)C(O)c1ccc(Cl)cc1. The third kappa shape index (κ3) is 3.70. The number of nitrogens with zero attached hydrogens (tertiary/aromatic N) is 1. The Morgan fingerprint density at radius 2 is 1.96 bits per heavy atom. The maximum absolute atomic E-state index is 11.9. The third-order valence-corrected chi connectivity index (χ3v) is 3.66. The van der Waals surface area contributed by atoms with E-state index in [-0.39, 0.29) is 0 Å². The number of benzene rings is 2. The van der Waals surface area contributed by atoms with Crippen LogP contribution >= 0.6 is 11.6 Å². The number of aliphatic hydroxyl groups excluding tert-OH is 1. The van der Waals surface area contributed by atoms with Crippen molar-refractivity contribution in [3.05, 3.63) is 65.0 Å². The average Bonchev–Trinajstić information content (AvgIpc) is 2.97. The van der Waals surface area contributed by atoms with Gasteiger partial charge < -0.3 is 14.8 Å². The minimum absolute atomic E-state index is 0.330. The summed E-state index contributed by atoms with van der Waals surface area (Å²) in [5.41, 5.74) is 2.00. The maximum Gasteiger partial charge on any atom is 0.253 e. The number of fused-ring (bicyclic) bond motifs is 1. The van der Waals surface area contributed by atoms with Crippen LogP contribution in [-0.4, -0.2) is 22.5 Å². The molecule has 0 saturated heterocycles. The van der Waals surface area contributed by atoms with E-state index in [0.29, 0.717) is 29.4 Å². The van der Waals surface area contributed by atoms with Gasteiger partial charge in [-0.1, -0.05) is 35.9 Å². The zero-order valence-corrected chi connectivity index (χ0v) is 13.0. The average molecular weight is 331 g/mol. The number of carbonyl (C=O) groups is 1. The minimum Gasteiger partial charge on any atom is -0.441 e. The smallest absolute Gasteiger partial charge is 0.253 e. The number of halogens is 1. The van der Waals surface area contributed by atoms with E-state index >= 15 is 0 Å². The molecular formula is C17H15ClN2O3. The maximum atomic E-state index is 11.9. The lowest BCUT2D eigenvalue weighted by molar-refractivity contribution is -0.129. The molecule has 0 spiro atoms. The fourth-order valence-electron chi connectivity index (χ4n) is 2.21. The first-order chi connectivity index (χ1) is 11.1. The number of amides is 1. The molecular weight excluding hydrogens is 316 g/mol. The van der Waals surface area contributed by atoms with Gasteiger partial charge in [0.05, 0.1) is 0 Å². The highest BCUT2D eigenvalue weighted by molar-refractivity contribution is 6.30. The minimum atomic E-state index is -1.23. The van der Waals surface area contributed by atoms with E-state index in [4.69, 9.17) is 16.0 Å². The van der Waals surface area contributed by atoms with Gasteiger partial charge in [-0.3, -0.25) is 4.79 Å². The molecule has 23 heavy (non-hydrogen) atoms. The quantitative estimate of drug-likeness (QED) is 0.754. The molecule has 3 rings (SSSR count). The number of oxazole rings is 1. The molecule has 2 N–H and O–H groups in total. The largest absolute Gasteiger partial charge is 0.441 e. The molecule has 0 saturated carbocycles. The van der Waals surface area contributed by atoms with Gasteiger partial charge in [0.2, 0.25) is 0 Å². The second-order valence-corrected chi connectivity index (χ2v) is 5.51.